The number of benzene rings is 1. The number of hydrogen-bond acceptors (Lipinski definition) is 1. The van der Waals surface area contributed by atoms with Gasteiger partial charge in [-0.3, -0.25) is 4.98 Å². The number of halogens is 3. The van der Waals surface area contributed by atoms with Crippen molar-refractivity contribution < 1.29 is 0 Å². The maximum Gasteiger partial charge on any atom is 0.0657 e. The minimum absolute atomic E-state index is 0.734. The standard InChI is InChI=1S/C10H6Br2ClN.C2H6/c11-4-9-10(12)8-2-1-7(13)3-6(8)5-14-9;1-2/h1-3,5H,4H2;1-2H3. The summed E-state index contributed by atoms with van der Waals surface area (Å²) in [5.74, 6) is 0. The highest BCUT2D eigenvalue weighted by atomic mass is 79.9. The van der Waals surface area contributed by atoms with Crippen molar-refractivity contribution in [1.82, 2.24) is 4.98 Å². The van der Waals surface area contributed by atoms with Crippen LogP contribution in [0.15, 0.2) is 28.9 Å². The lowest BCUT2D eigenvalue weighted by atomic mass is 10.1. The van der Waals surface area contributed by atoms with E-state index in [2.05, 4.69) is 36.8 Å². The zero-order chi connectivity index (χ0) is 12.1. The van der Waals surface area contributed by atoms with Crippen molar-refractivity contribution in [2.75, 3.05) is 0 Å². The second-order valence-electron chi connectivity index (χ2n) is 2.88. The van der Waals surface area contributed by atoms with Gasteiger partial charge in [0, 0.05) is 26.4 Å². The summed E-state index contributed by atoms with van der Waals surface area (Å²) in [5.41, 5.74) is 1.000. The molecule has 0 aliphatic carbocycles. The van der Waals surface area contributed by atoms with Crippen LogP contribution in [0.1, 0.15) is 19.5 Å². The predicted octanol–water partition coefficient (Wildman–Crippen LogP) is 5.57. The lowest BCUT2D eigenvalue weighted by Gasteiger charge is -2.04. The van der Waals surface area contributed by atoms with Crippen molar-refractivity contribution in [1.29, 1.82) is 0 Å². The summed E-state index contributed by atoms with van der Waals surface area (Å²) >= 11 is 12.8. The fraction of sp³-hybridized carbons (Fsp3) is 0.250. The Balaban J connectivity index is 0.000000606. The number of hydrogen-bond donors (Lipinski definition) is 0. The fourth-order valence-corrected chi connectivity index (χ4v) is 2.88. The molecule has 0 amide bonds. The lowest BCUT2D eigenvalue weighted by Crippen LogP contribution is -1.88. The Morgan fingerprint density at radius 1 is 1.31 bits per heavy atom. The molecule has 0 bridgehead atoms. The second-order valence-corrected chi connectivity index (χ2v) is 4.67. The molecule has 16 heavy (non-hydrogen) atoms. The average molecular weight is 365 g/mol. The fourth-order valence-electron chi connectivity index (χ4n) is 1.29. The molecule has 1 aromatic carbocycles. The van der Waals surface area contributed by atoms with E-state index in [1.54, 1.807) is 0 Å². The summed E-state index contributed by atoms with van der Waals surface area (Å²) in [6, 6.07) is 5.79. The van der Waals surface area contributed by atoms with Crippen LogP contribution >= 0.6 is 43.5 Å². The molecule has 2 rings (SSSR count). The molecule has 1 aromatic heterocycles. The molecule has 0 aliphatic rings. The molecule has 4 heteroatoms. The summed E-state index contributed by atoms with van der Waals surface area (Å²) in [6.45, 7) is 4.00. The highest BCUT2D eigenvalue weighted by Gasteiger charge is 2.05. The monoisotopic (exact) mass is 363 g/mol. The Labute approximate surface area is 117 Å². The summed E-state index contributed by atoms with van der Waals surface area (Å²) in [7, 11) is 0. The van der Waals surface area contributed by atoms with E-state index >= 15 is 0 Å². The average Bonchev–Trinajstić information content (AvgIpc) is 2.32. The van der Waals surface area contributed by atoms with E-state index in [1.165, 1.54) is 0 Å². The second kappa shape index (κ2) is 6.58. The molecule has 0 saturated carbocycles. The van der Waals surface area contributed by atoms with Gasteiger partial charge in [-0.2, -0.15) is 0 Å². The maximum atomic E-state index is 5.89. The van der Waals surface area contributed by atoms with Gasteiger partial charge >= 0.3 is 0 Å². The molecule has 1 nitrogen and oxygen atoms in total. The first-order chi connectivity index (χ1) is 7.72. The topological polar surface area (TPSA) is 12.9 Å². The van der Waals surface area contributed by atoms with Crippen LogP contribution in [0.4, 0.5) is 0 Å². The lowest BCUT2D eigenvalue weighted by molar-refractivity contribution is 1.19. The van der Waals surface area contributed by atoms with Crippen molar-refractivity contribution in [3.05, 3.63) is 39.6 Å². The molecule has 0 atom stereocenters. The van der Waals surface area contributed by atoms with E-state index in [4.69, 9.17) is 11.6 Å². The molecule has 0 saturated heterocycles. The minimum atomic E-state index is 0.734. The smallest absolute Gasteiger partial charge is 0.0657 e. The molecular formula is C12H12Br2ClN. The van der Waals surface area contributed by atoms with E-state index in [-0.39, 0.29) is 0 Å². The van der Waals surface area contributed by atoms with Gasteiger partial charge in [0.15, 0.2) is 0 Å². The van der Waals surface area contributed by atoms with Crippen molar-refractivity contribution in [2.45, 2.75) is 19.2 Å². The molecule has 0 aliphatic heterocycles. The van der Waals surface area contributed by atoms with Crippen LogP contribution in [0.25, 0.3) is 10.8 Å². The van der Waals surface area contributed by atoms with E-state index in [1.807, 2.05) is 38.2 Å². The SMILES string of the molecule is CC.Clc1ccc2c(Br)c(CBr)ncc2c1. The summed E-state index contributed by atoms with van der Waals surface area (Å²) in [5, 5.41) is 3.66. The van der Waals surface area contributed by atoms with E-state index in [0.717, 1.165) is 31.3 Å². The number of fused-ring (bicyclic) bond motifs is 1. The first-order valence-corrected chi connectivity index (χ1v) is 7.30. The molecular weight excluding hydrogens is 353 g/mol. The number of nitrogens with zero attached hydrogens (tertiary/aromatic N) is 1. The Kier molecular flexibility index (Phi) is 5.73. The van der Waals surface area contributed by atoms with Gasteiger partial charge in [-0.05, 0) is 33.4 Å². The molecule has 2 aromatic rings. The van der Waals surface area contributed by atoms with Gasteiger partial charge in [0.25, 0.3) is 0 Å². The van der Waals surface area contributed by atoms with E-state index < -0.39 is 0 Å². The molecule has 0 N–H and O–H groups in total. The number of aromatic nitrogens is 1. The van der Waals surface area contributed by atoms with Crippen LogP contribution < -0.4 is 0 Å². The maximum absolute atomic E-state index is 5.89. The first kappa shape index (κ1) is 13.9. The van der Waals surface area contributed by atoms with Gasteiger partial charge in [0.1, 0.15) is 0 Å². The number of alkyl halides is 1. The quantitative estimate of drug-likeness (QED) is 0.602. The van der Waals surface area contributed by atoms with Crippen molar-refractivity contribution in [2.24, 2.45) is 0 Å². The van der Waals surface area contributed by atoms with Crippen molar-refractivity contribution in [3.8, 4) is 0 Å². The molecule has 0 fully saturated rings. The highest BCUT2D eigenvalue weighted by molar-refractivity contribution is 9.11. The van der Waals surface area contributed by atoms with Gasteiger partial charge in [-0.15, -0.1) is 0 Å². The minimum Gasteiger partial charge on any atom is -0.259 e. The number of rotatable bonds is 1. The third-order valence-electron chi connectivity index (χ3n) is 1.99. The van der Waals surface area contributed by atoms with E-state index in [0.29, 0.717) is 0 Å². The molecule has 86 valence electrons. The Morgan fingerprint density at radius 3 is 2.62 bits per heavy atom. The largest absolute Gasteiger partial charge is 0.259 e. The van der Waals surface area contributed by atoms with Gasteiger partial charge < -0.3 is 0 Å². The Hall–Kier alpha value is -0.120. The van der Waals surface area contributed by atoms with Crippen LogP contribution in [-0.2, 0) is 5.33 Å². The molecule has 0 radical (unpaired) electrons. The van der Waals surface area contributed by atoms with Crippen LogP contribution in [0.5, 0.6) is 0 Å². The third kappa shape index (κ3) is 2.96. The number of pyridine rings is 1. The zero-order valence-electron chi connectivity index (χ0n) is 9.10. The zero-order valence-corrected chi connectivity index (χ0v) is 13.0. The first-order valence-electron chi connectivity index (χ1n) is 5.01. The van der Waals surface area contributed by atoms with Gasteiger partial charge in [0.05, 0.1) is 5.69 Å². The van der Waals surface area contributed by atoms with Crippen LogP contribution in [-0.4, -0.2) is 4.98 Å². The molecule has 1 heterocycles. The molecule has 0 unspecified atom stereocenters. The highest BCUT2D eigenvalue weighted by Crippen LogP contribution is 2.28. The summed E-state index contributed by atoms with van der Waals surface area (Å²) in [4.78, 5) is 4.31. The Bertz CT molecular complexity index is 486. The van der Waals surface area contributed by atoms with Crippen LogP contribution in [0, 0.1) is 0 Å². The Morgan fingerprint density at radius 2 is 2.00 bits per heavy atom. The van der Waals surface area contributed by atoms with Crippen LogP contribution in [0.3, 0.4) is 0 Å². The van der Waals surface area contributed by atoms with Crippen molar-refractivity contribution in [3.63, 3.8) is 0 Å². The third-order valence-corrected chi connectivity index (χ3v) is 3.64. The summed E-state index contributed by atoms with van der Waals surface area (Å²) in [6.07, 6.45) is 1.84. The van der Waals surface area contributed by atoms with Gasteiger partial charge in [0.2, 0.25) is 0 Å². The molecule has 0 spiro atoms. The summed E-state index contributed by atoms with van der Waals surface area (Å²) < 4.78 is 1.03. The van der Waals surface area contributed by atoms with Gasteiger partial charge in [-0.1, -0.05) is 47.4 Å². The normalized spacial score (nSPS) is 9.81. The van der Waals surface area contributed by atoms with Crippen LogP contribution in [0.2, 0.25) is 5.02 Å². The van der Waals surface area contributed by atoms with E-state index in [9.17, 15) is 0 Å². The van der Waals surface area contributed by atoms with Crippen molar-refractivity contribution >= 4 is 54.2 Å². The van der Waals surface area contributed by atoms with Gasteiger partial charge in [-0.25, -0.2) is 0 Å². The predicted molar refractivity (Wildman–Crippen MR) is 78.4 cm³/mol.